The van der Waals surface area contributed by atoms with Gasteiger partial charge in [-0.1, -0.05) is 89.9 Å². The van der Waals surface area contributed by atoms with Gasteiger partial charge in [-0.05, 0) is 99.8 Å². The lowest BCUT2D eigenvalue weighted by Crippen LogP contribution is -2.38. The standard InChI is InChI=1S/C46H31N5O2/c1-50-38-22-19-34(27-39(38)51(2)46(50)52)32-12-8-13-35(25-32)45-48-43(30-10-4-3-5-11-30)47-44(49-45)31-17-15-28(16-18-31)33-21-23-40-37(26-33)42-36-14-7-6-9-29(36)20-24-41(42)53-40/h3-27H,1-2H3/p+1. The van der Waals surface area contributed by atoms with Gasteiger partial charge in [0.2, 0.25) is 0 Å². The molecule has 0 radical (unpaired) electrons. The molecule has 7 aromatic carbocycles. The number of benzene rings is 7. The van der Waals surface area contributed by atoms with Crippen LogP contribution < -0.4 is 15.7 Å². The van der Waals surface area contributed by atoms with Crippen LogP contribution in [0.1, 0.15) is 16.7 Å². The van der Waals surface area contributed by atoms with Gasteiger partial charge in [-0.3, -0.25) is 9.13 Å². The van der Waals surface area contributed by atoms with Gasteiger partial charge < -0.3 is 4.42 Å². The number of imidazole rings is 1. The Kier molecular flexibility index (Phi) is 6.90. The molecule has 3 heterocycles. The van der Waals surface area contributed by atoms with Gasteiger partial charge in [-0.2, -0.15) is 0 Å². The molecule has 0 amide bonds. The van der Waals surface area contributed by atoms with E-state index >= 15 is 0 Å². The Morgan fingerprint density at radius 2 is 1.21 bits per heavy atom. The maximum absolute atomic E-state index is 12.6. The van der Waals surface area contributed by atoms with Gasteiger partial charge in [-0.25, -0.2) is 14.8 Å². The Hall–Kier alpha value is -7.21. The van der Waals surface area contributed by atoms with E-state index in [1.54, 1.807) is 23.2 Å². The van der Waals surface area contributed by atoms with E-state index in [2.05, 4.69) is 108 Å². The van der Waals surface area contributed by atoms with Crippen LogP contribution in [-0.4, -0.2) is 26.6 Å². The number of hydrogen-bond acceptors (Lipinski definition) is 4. The molecule has 7 nitrogen and oxygen atoms in total. The molecule has 53 heavy (non-hydrogen) atoms. The lowest BCUT2D eigenvalue weighted by molar-refractivity contribution is 0.669. The molecule has 1 aliphatic rings. The molecule has 7 heteroatoms. The third-order valence-corrected chi connectivity index (χ3v) is 10.3. The van der Waals surface area contributed by atoms with Crippen LogP contribution in [0.3, 0.4) is 0 Å². The number of amidine groups is 3. The van der Waals surface area contributed by atoms with Crippen LogP contribution in [0.5, 0.6) is 0 Å². The molecule has 10 rings (SSSR count). The van der Waals surface area contributed by atoms with Crippen LogP contribution in [0.2, 0.25) is 0 Å². The van der Waals surface area contributed by atoms with Crippen molar-refractivity contribution < 1.29 is 4.42 Å². The summed E-state index contributed by atoms with van der Waals surface area (Å²) in [7, 11) is 3.60. The van der Waals surface area contributed by atoms with Crippen LogP contribution in [0.15, 0.2) is 166 Å². The summed E-state index contributed by atoms with van der Waals surface area (Å²) in [5, 5.41) is 8.15. The van der Waals surface area contributed by atoms with Crippen molar-refractivity contribution in [2.45, 2.75) is 0 Å². The first kappa shape index (κ1) is 30.6. The first-order valence-electron chi connectivity index (χ1n) is 17.6. The molecular formula is C46H32N5O2+. The zero-order valence-corrected chi connectivity index (χ0v) is 29.0. The van der Waals surface area contributed by atoms with E-state index in [1.807, 2.05) is 48.5 Å². The number of fused-ring (bicyclic) bond motifs is 6. The molecule has 1 aliphatic heterocycles. The zero-order valence-electron chi connectivity index (χ0n) is 29.0. The van der Waals surface area contributed by atoms with E-state index in [4.69, 9.17) is 14.1 Å². The van der Waals surface area contributed by atoms with Gasteiger partial charge in [0, 0.05) is 24.9 Å². The summed E-state index contributed by atoms with van der Waals surface area (Å²) in [5.41, 5.74) is 10.5. The number of nitrogens with zero attached hydrogens (tertiary/aromatic N) is 4. The van der Waals surface area contributed by atoms with Crippen molar-refractivity contribution in [2.24, 2.45) is 19.1 Å². The Morgan fingerprint density at radius 3 is 2.08 bits per heavy atom. The number of furan rings is 1. The maximum atomic E-state index is 12.6. The Labute approximate surface area is 304 Å². The molecule has 0 bridgehead atoms. The predicted octanol–water partition coefficient (Wildman–Crippen LogP) is 8.57. The van der Waals surface area contributed by atoms with Crippen molar-refractivity contribution >= 4 is 61.3 Å². The lowest BCUT2D eigenvalue weighted by atomic mass is 9.99. The Bertz CT molecular complexity index is 3100. The van der Waals surface area contributed by atoms with Crippen LogP contribution in [0.25, 0.3) is 66.0 Å². The fourth-order valence-corrected chi connectivity index (χ4v) is 7.47. The highest BCUT2D eigenvalue weighted by Gasteiger charge is 2.26. The summed E-state index contributed by atoms with van der Waals surface area (Å²) < 4.78 is 14.7. The summed E-state index contributed by atoms with van der Waals surface area (Å²) in [5.74, 6) is 2.06. The van der Waals surface area contributed by atoms with E-state index in [-0.39, 0.29) is 5.69 Å². The van der Waals surface area contributed by atoms with Crippen molar-refractivity contribution in [1.82, 2.24) is 19.1 Å². The number of hydrogen-bond donors (Lipinski definition) is 1. The summed E-state index contributed by atoms with van der Waals surface area (Å²) in [6.07, 6.45) is 0. The van der Waals surface area contributed by atoms with Crippen LogP contribution in [0, 0.1) is 0 Å². The minimum Gasteiger partial charge on any atom is -0.456 e. The van der Waals surface area contributed by atoms with E-state index in [0.717, 1.165) is 77.8 Å². The first-order chi connectivity index (χ1) is 26.0. The van der Waals surface area contributed by atoms with Gasteiger partial charge in [0.05, 0.1) is 27.7 Å². The fraction of sp³-hybridized carbons (Fsp3) is 0.0435. The Balaban J connectivity index is 1.05. The highest BCUT2D eigenvalue weighted by atomic mass is 16.3. The third-order valence-electron chi connectivity index (χ3n) is 10.3. The van der Waals surface area contributed by atoms with E-state index < -0.39 is 0 Å². The molecule has 1 N–H and O–H groups in total. The lowest BCUT2D eigenvalue weighted by Gasteiger charge is -2.09. The van der Waals surface area contributed by atoms with Crippen molar-refractivity contribution in [1.29, 1.82) is 0 Å². The molecule has 2 aromatic heterocycles. The minimum absolute atomic E-state index is 0.0461. The van der Waals surface area contributed by atoms with Crippen LogP contribution in [0.4, 0.5) is 0 Å². The second kappa shape index (κ2) is 11.9. The fourth-order valence-electron chi connectivity index (χ4n) is 7.47. The highest BCUT2D eigenvalue weighted by Crippen LogP contribution is 2.37. The minimum atomic E-state index is -0.0461. The van der Waals surface area contributed by atoms with Gasteiger partial charge in [0.1, 0.15) is 11.2 Å². The average molecular weight is 687 g/mol. The molecule has 0 atom stereocenters. The smallest absolute Gasteiger partial charge is 0.360 e. The van der Waals surface area contributed by atoms with E-state index in [9.17, 15) is 4.79 Å². The number of aryl methyl sites for hydroxylation is 2. The molecule has 0 unspecified atom stereocenters. The second-order valence-electron chi connectivity index (χ2n) is 13.5. The second-order valence-corrected chi connectivity index (χ2v) is 13.5. The summed E-state index contributed by atoms with van der Waals surface area (Å²) in [6, 6.07) is 52.0. The monoisotopic (exact) mass is 686 g/mol. The number of nitrogens with one attached hydrogen (secondary N) is 1. The maximum Gasteiger partial charge on any atom is 0.360 e. The molecule has 0 saturated heterocycles. The van der Waals surface area contributed by atoms with Gasteiger partial charge >= 0.3 is 17.4 Å². The first-order valence-corrected chi connectivity index (χ1v) is 17.6. The topological polar surface area (TPSA) is 78.6 Å². The summed E-state index contributed by atoms with van der Waals surface area (Å²) in [4.78, 5) is 17.6. The molecule has 9 aromatic rings. The van der Waals surface area contributed by atoms with Gasteiger partial charge in [0.25, 0.3) is 5.84 Å². The third kappa shape index (κ3) is 5.10. The molecular weight excluding hydrogens is 655 g/mol. The molecule has 0 saturated carbocycles. The van der Waals surface area contributed by atoms with Crippen molar-refractivity contribution in [2.75, 3.05) is 0 Å². The zero-order chi connectivity index (χ0) is 35.6. The number of rotatable bonds is 5. The summed E-state index contributed by atoms with van der Waals surface area (Å²) in [6.45, 7) is 0. The van der Waals surface area contributed by atoms with E-state index in [0.29, 0.717) is 11.7 Å². The highest BCUT2D eigenvalue weighted by molar-refractivity contribution is 6.23. The molecule has 0 fully saturated rings. The SMILES string of the molecule is Cn1c(=O)n(C)c2cc(-c3cccc(C4=[N+]=C(c5ccc(-c6ccc7oc8ccc9ccccc9c8c7c6)cc5)NC(c5ccccc5)=N4)c3)ccc21. The molecule has 0 aliphatic carbocycles. The van der Waals surface area contributed by atoms with Crippen LogP contribution in [-0.2, 0) is 14.1 Å². The Morgan fingerprint density at radius 1 is 0.547 bits per heavy atom. The van der Waals surface area contributed by atoms with Gasteiger partial charge in [0.15, 0.2) is 0 Å². The number of aliphatic imine (C=N–C) groups is 1. The van der Waals surface area contributed by atoms with Crippen molar-refractivity contribution in [3.8, 4) is 22.3 Å². The quantitative estimate of drug-likeness (QED) is 0.184. The van der Waals surface area contributed by atoms with Crippen molar-refractivity contribution in [3.05, 3.63) is 179 Å². The summed E-state index contributed by atoms with van der Waals surface area (Å²) >= 11 is 0. The normalized spacial score (nSPS) is 13.0. The molecule has 252 valence electrons. The predicted molar refractivity (Wildman–Crippen MR) is 217 cm³/mol. The largest absolute Gasteiger partial charge is 0.456 e. The van der Waals surface area contributed by atoms with Crippen molar-refractivity contribution in [3.63, 3.8) is 0 Å². The van der Waals surface area contributed by atoms with Gasteiger partial charge in [-0.15, -0.1) is 0 Å². The average Bonchev–Trinajstić information content (AvgIpc) is 3.71. The van der Waals surface area contributed by atoms with E-state index in [1.165, 1.54) is 10.8 Å². The molecule has 0 spiro atoms. The number of aromatic nitrogens is 2. The van der Waals surface area contributed by atoms with Crippen LogP contribution >= 0.6 is 0 Å².